The largest absolute Gasteiger partial charge is 0.326 e. The van der Waals surface area contributed by atoms with Crippen LogP contribution in [0.4, 0.5) is 0 Å². The van der Waals surface area contributed by atoms with Gasteiger partial charge < -0.3 is 5.73 Å². The molecular weight excluding hydrogens is 270 g/mol. The van der Waals surface area contributed by atoms with Gasteiger partial charge in [-0.3, -0.25) is 0 Å². The average Bonchev–Trinajstić information content (AvgIpc) is 2.14. The zero-order valence-electron chi connectivity index (χ0n) is 9.29. The lowest BCUT2D eigenvalue weighted by Gasteiger charge is -2.17. The Hall–Kier alpha value is 0.01000. The predicted octanol–water partition coefficient (Wildman–Crippen LogP) is 4.06. The van der Waals surface area contributed by atoms with Gasteiger partial charge in [-0.15, -0.1) is 11.8 Å². The molecule has 0 saturated carbocycles. The van der Waals surface area contributed by atoms with Crippen LogP contribution in [0.5, 0.6) is 0 Å². The third kappa shape index (κ3) is 6.23. The van der Waals surface area contributed by atoms with E-state index in [0.717, 1.165) is 16.6 Å². The molecule has 0 unspecified atom stereocenters. The third-order valence-electron chi connectivity index (χ3n) is 2.05. The second-order valence-corrected chi connectivity index (χ2v) is 6.48. The highest BCUT2D eigenvalue weighted by atomic mass is 79.9. The summed E-state index contributed by atoms with van der Waals surface area (Å²) in [6, 6.07) is 8.44. The van der Waals surface area contributed by atoms with Crippen LogP contribution in [-0.2, 0) is 0 Å². The SMILES string of the molecule is CC(C)(N)CCCSc1ccc(Br)cc1. The Bertz CT molecular complexity index is 289. The summed E-state index contributed by atoms with van der Waals surface area (Å²) in [7, 11) is 0. The molecule has 1 aromatic carbocycles. The number of thioether (sulfide) groups is 1. The molecule has 0 fully saturated rings. The Labute approximate surface area is 105 Å². The first-order chi connectivity index (χ1) is 6.97. The zero-order chi connectivity index (χ0) is 11.3. The van der Waals surface area contributed by atoms with Crippen LogP contribution in [0.25, 0.3) is 0 Å². The van der Waals surface area contributed by atoms with Crippen LogP contribution in [0.15, 0.2) is 33.6 Å². The van der Waals surface area contributed by atoms with E-state index in [2.05, 4.69) is 54.0 Å². The first-order valence-corrected chi connectivity index (χ1v) is 6.92. The van der Waals surface area contributed by atoms with Gasteiger partial charge in [0.05, 0.1) is 0 Å². The molecule has 0 aliphatic rings. The van der Waals surface area contributed by atoms with Gasteiger partial charge in [-0.05, 0) is 56.7 Å². The Balaban J connectivity index is 2.23. The molecule has 0 saturated heterocycles. The van der Waals surface area contributed by atoms with Gasteiger partial charge >= 0.3 is 0 Å². The summed E-state index contributed by atoms with van der Waals surface area (Å²) < 4.78 is 1.13. The topological polar surface area (TPSA) is 26.0 Å². The van der Waals surface area contributed by atoms with Crippen molar-refractivity contribution in [3.8, 4) is 0 Å². The molecule has 0 amide bonds. The van der Waals surface area contributed by atoms with Gasteiger partial charge in [-0.2, -0.15) is 0 Å². The van der Waals surface area contributed by atoms with Crippen LogP contribution >= 0.6 is 27.7 Å². The van der Waals surface area contributed by atoms with Crippen LogP contribution in [0.3, 0.4) is 0 Å². The number of hydrogen-bond acceptors (Lipinski definition) is 2. The Kier molecular flexibility index (Phi) is 5.16. The molecule has 84 valence electrons. The first kappa shape index (κ1) is 13.1. The average molecular weight is 288 g/mol. The van der Waals surface area contributed by atoms with Gasteiger partial charge in [0, 0.05) is 14.9 Å². The molecule has 1 aromatic rings. The summed E-state index contributed by atoms with van der Waals surface area (Å²) >= 11 is 5.32. The fraction of sp³-hybridized carbons (Fsp3) is 0.500. The molecule has 1 nitrogen and oxygen atoms in total. The molecule has 3 heteroatoms. The molecule has 1 rings (SSSR count). The zero-order valence-corrected chi connectivity index (χ0v) is 11.7. The maximum atomic E-state index is 5.92. The second kappa shape index (κ2) is 5.92. The maximum Gasteiger partial charge on any atom is 0.0176 e. The van der Waals surface area contributed by atoms with Gasteiger partial charge in [0.1, 0.15) is 0 Å². The Morgan fingerprint density at radius 3 is 2.40 bits per heavy atom. The summed E-state index contributed by atoms with van der Waals surface area (Å²) in [5.41, 5.74) is 5.89. The van der Waals surface area contributed by atoms with Crippen molar-refractivity contribution < 1.29 is 0 Å². The molecule has 0 bridgehead atoms. The van der Waals surface area contributed by atoms with Crippen LogP contribution in [-0.4, -0.2) is 11.3 Å². The fourth-order valence-electron chi connectivity index (χ4n) is 1.25. The minimum absolute atomic E-state index is 0.0275. The van der Waals surface area contributed by atoms with Crippen molar-refractivity contribution in [3.63, 3.8) is 0 Å². The molecule has 0 atom stereocenters. The minimum atomic E-state index is -0.0275. The van der Waals surface area contributed by atoms with Crippen molar-refractivity contribution in [1.29, 1.82) is 0 Å². The summed E-state index contributed by atoms with van der Waals surface area (Å²) in [4.78, 5) is 1.33. The lowest BCUT2D eigenvalue weighted by atomic mass is 10.0. The van der Waals surface area contributed by atoms with E-state index in [1.54, 1.807) is 0 Å². The molecule has 0 heterocycles. The van der Waals surface area contributed by atoms with Crippen molar-refractivity contribution in [1.82, 2.24) is 0 Å². The van der Waals surface area contributed by atoms with Crippen molar-refractivity contribution >= 4 is 27.7 Å². The molecule has 0 spiro atoms. The molecule has 0 aromatic heterocycles. The lowest BCUT2D eigenvalue weighted by molar-refractivity contribution is 0.472. The number of benzene rings is 1. The monoisotopic (exact) mass is 287 g/mol. The van der Waals surface area contributed by atoms with E-state index in [0.29, 0.717) is 0 Å². The van der Waals surface area contributed by atoms with Crippen LogP contribution in [0.1, 0.15) is 26.7 Å². The maximum absolute atomic E-state index is 5.92. The Morgan fingerprint density at radius 1 is 1.27 bits per heavy atom. The van der Waals surface area contributed by atoms with E-state index in [9.17, 15) is 0 Å². The molecule has 0 aliphatic heterocycles. The summed E-state index contributed by atoms with van der Waals surface area (Å²) in [6.07, 6.45) is 2.25. The molecule has 2 N–H and O–H groups in total. The van der Waals surface area contributed by atoms with Gasteiger partial charge in [-0.25, -0.2) is 0 Å². The highest BCUT2D eigenvalue weighted by molar-refractivity contribution is 9.10. The smallest absolute Gasteiger partial charge is 0.0176 e. The highest BCUT2D eigenvalue weighted by Crippen LogP contribution is 2.22. The number of rotatable bonds is 5. The molecule has 0 aliphatic carbocycles. The number of nitrogens with two attached hydrogens (primary N) is 1. The minimum Gasteiger partial charge on any atom is -0.326 e. The van der Waals surface area contributed by atoms with Gasteiger partial charge in [0.15, 0.2) is 0 Å². The second-order valence-electron chi connectivity index (χ2n) is 4.39. The quantitative estimate of drug-likeness (QED) is 0.653. The third-order valence-corrected chi connectivity index (χ3v) is 3.67. The Morgan fingerprint density at radius 2 is 1.87 bits per heavy atom. The molecule has 0 radical (unpaired) electrons. The van der Waals surface area contributed by atoms with Gasteiger partial charge in [-0.1, -0.05) is 15.9 Å². The normalized spacial score (nSPS) is 11.7. The number of hydrogen-bond donors (Lipinski definition) is 1. The van der Waals surface area contributed by atoms with E-state index in [-0.39, 0.29) is 5.54 Å². The van der Waals surface area contributed by atoms with E-state index >= 15 is 0 Å². The van der Waals surface area contributed by atoms with E-state index in [1.807, 2.05) is 11.8 Å². The number of halogens is 1. The van der Waals surface area contributed by atoms with Crippen LogP contribution in [0, 0.1) is 0 Å². The summed E-state index contributed by atoms with van der Waals surface area (Å²) in [5, 5.41) is 0. The molecule has 15 heavy (non-hydrogen) atoms. The standard InChI is InChI=1S/C12H18BrNS/c1-12(2,14)8-3-9-15-11-6-4-10(13)5-7-11/h4-7H,3,8-9,14H2,1-2H3. The predicted molar refractivity (Wildman–Crippen MR) is 72.4 cm³/mol. The highest BCUT2D eigenvalue weighted by Gasteiger charge is 2.09. The van der Waals surface area contributed by atoms with Crippen molar-refractivity contribution in [2.24, 2.45) is 5.73 Å². The molecular formula is C12H18BrNS. The summed E-state index contributed by atoms with van der Waals surface area (Å²) in [5.74, 6) is 1.14. The van der Waals surface area contributed by atoms with Crippen LogP contribution < -0.4 is 5.73 Å². The van der Waals surface area contributed by atoms with Gasteiger partial charge in [0.25, 0.3) is 0 Å². The van der Waals surface area contributed by atoms with Crippen molar-refractivity contribution in [2.45, 2.75) is 37.1 Å². The van der Waals surface area contributed by atoms with Crippen molar-refractivity contribution in [2.75, 3.05) is 5.75 Å². The van der Waals surface area contributed by atoms with E-state index in [4.69, 9.17) is 5.73 Å². The van der Waals surface area contributed by atoms with Crippen molar-refractivity contribution in [3.05, 3.63) is 28.7 Å². The first-order valence-electron chi connectivity index (χ1n) is 5.15. The van der Waals surface area contributed by atoms with E-state index < -0.39 is 0 Å². The van der Waals surface area contributed by atoms with Gasteiger partial charge in [0.2, 0.25) is 0 Å². The van der Waals surface area contributed by atoms with E-state index in [1.165, 1.54) is 11.3 Å². The lowest BCUT2D eigenvalue weighted by Crippen LogP contribution is -2.31. The fourth-order valence-corrected chi connectivity index (χ4v) is 2.37. The summed E-state index contributed by atoms with van der Waals surface area (Å²) in [6.45, 7) is 4.16. The van der Waals surface area contributed by atoms with Crippen LogP contribution in [0.2, 0.25) is 0 Å².